The lowest BCUT2D eigenvalue weighted by atomic mass is 10.0. The van der Waals surface area contributed by atoms with Gasteiger partial charge in [-0.3, -0.25) is 14.4 Å². The van der Waals surface area contributed by atoms with Crippen molar-refractivity contribution < 1.29 is 14.4 Å². The van der Waals surface area contributed by atoms with E-state index in [1.165, 1.54) is 0 Å². The third-order valence-electron chi connectivity index (χ3n) is 2.08. The molecule has 3 N–H and O–H groups in total. The summed E-state index contributed by atoms with van der Waals surface area (Å²) in [7, 11) is 0. The molecule has 0 saturated heterocycles. The predicted octanol–water partition coefficient (Wildman–Crippen LogP) is 0.323. The summed E-state index contributed by atoms with van der Waals surface area (Å²) in [6, 6.07) is 9.27. The molecule has 1 rings (SSSR count). The molecule has 0 aromatic heterocycles. The molecule has 0 heterocycles. The fraction of sp³-hybridized carbons (Fsp3) is 0.273. The third kappa shape index (κ3) is 3.70. The zero-order valence-electron chi connectivity index (χ0n) is 8.97. The maximum Gasteiger partial charge on any atom is 0.250 e. The van der Waals surface area contributed by atoms with Crippen molar-refractivity contribution in [3.8, 4) is 0 Å². The molecule has 1 unspecified atom stereocenters. The molecule has 0 radical (unpaired) electrons. The molecule has 5 nitrogen and oxygen atoms in total. The van der Waals surface area contributed by atoms with E-state index in [0.29, 0.717) is 0 Å². The first kappa shape index (κ1) is 12.2. The fourth-order valence-corrected chi connectivity index (χ4v) is 1.16. The van der Waals surface area contributed by atoms with Crippen molar-refractivity contribution in [1.82, 2.24) is 5.48 Å². The van der Waals surface area contributed by atoms with Crippen molar-refractivity contribution in [2.75, 3.05) is 6.61 Å². The topological polar surface area (TPSA) is 81.4 Å². The number of primary amides is 1. The molecule has 2 amide bonds. The molecular formula is C11H14N2O3. The van der Waals surface area contributed by atoms with E-state index in [9.17, 15) is 9.59 Å². The van der Waals surface area contributed by atoms with Crippen LogP contribution in [0.5, 0.6) is 0 Å². The molecule has 0 saturated carbocycles. The van der Waals surface area contributed by atoms with Gasteiger partial charge in [0.1, 0.15) is 0 Å². The minimum absolute atomic E-state index is 0.313. The van der Waals surface area contributed by atoms with Crippen LogP contribution in [0.1, 0.15) is 18.4 Å². The average molecular weight is 222 g/mol. The van der Waals surface area contributed by atoms with E-state index in [-0.39, 0.29) is 18.4 Å². The Morgan fingerprint density at radius 1 is 1.38 bits per heavy atom. The molecule has 0 aliphatic heterocycles. The molecule has 5 heteroatoms. The highest BCUT2D eigenvalue weighted by atomic mass is 16.7. The van der Waals surface area contributed by atoms with Gasteiger partial charge in [-0.15, -0.1) is 0 Å². The van der Waals surface area contributed by atoms with Crippen molar-refractivity contribution in [2.24, 2.45) is 5.73 Å². The molecule has 1 aromatic carbocycles. The van der Waals surface area contributed by atoms with Gasteiger partial charge in [0.15, 0.2) is 6.61 Å². The van der Waals surface area contributed by atoms with Gasteiger partial charge in [0.2, 0.25) is 5.91 Å². The van der Waals surface area contributed by atoms with E-state index in [1.54, 1.807) is 6.92 Å². The van der Waals surface area contributed by atoms with Crippen LogP contribution in [0.25, 0.3) is 0 Å². The minimum Gasteiger partial charge on any atom is -0.368 e. The number of nitrogens with one attached hydrogen (secondary N) is 1. The second-order valence-electron chi connectivity index (χ2n) is 3.35. The second-order valence-corrected chi connectivity index (χ2v) is 3.35. The molecule has 0 aliphatic carbocycles. The maximum absolute atomic E-state index is 11.5. The number of hydroxylamine groups is 1. The Morgan fingerprint density at radius 2 is 2.00 bits per heavy atom. The van der Waals surface area contributed by atoms with Crippen LogP contribution in [0, 0.1) is 0 Å². The van der Waals surface area contributed by atoms with Crippen LogP contribution in [0.3, 0.4) is 0 Å². The van der Waals surface area contributed by atoms with Gasteiger partial charge < -0.3 is 5.73 Å². The normalized spacial score (nSPS) is 11.8. The van der Waals surface area contributed by atoms with Crippen molar-refractivity contribution in [1.29, 1.82) is 0 Å². The SMILES string of the molecule is CC(C(=O)NOCC(N)=O)c1ccccc1. The zero-order valence-corrected chi connectivity index (χ0v) is 8.97. The standard InChI is InChI=1S/C11H14N2O3/c1-8(9-5-3-2-4-6-9)11(15)13-16-7-10(12)14/h2-6,8H,7H2,1H3,(H2,12,14)(H,13,15). The van der Waals surface area contributed by atoms with Crippen LogP contribution < -0.4 is 11.2 Å². The zero-order chi connectivity index (χ0) is 12.0. The smallest absolute Gasteiger partial charge is 0.250 e. The lowest BCUT2D eigenvalue weighted by molar-refractivity contribution is -0.138. The second kappa shape index (κ2) is 5.87. The van der Waals surface area contributed by atoms with Crippen LogP contribution in [0.2, 0.25) is 0 Å². The number of carbonyl (C=O) groups excluding carboxylic acids is 2. The summed E-state index contributed by atoms with van der Waals surface area (Å²) in [6.45, 7) is 1.42. The summed E-state index contributed by atoms with van der Waals surface area (Å²) in [5, 5.41) is 0. The Hall–Kier alpha value is -1.88. The Kier molecular flexibility index (Phi) is 4.47. The molecule has 1 atom stereocenters. The fourth-order valence-electron chi connectivity index (χ4n) is 1.16. The number of nitrogens with two attached hydrogens (primary N) is 1. The molecular weight excluding hydrogens is 208 g/mol. The van der Waals surface area contributed by atoms with Gasteiger partial charge in [-0.05, 0) is 12.5 Å². The van der Waals surface area contributed by atoms with E-state index in [2.05, 4.69) is 10.3 Å². The number of hydrogen-bond donors (Lipinski definition) is 2. The average Bonchev–Trinajstić information content (AvgIpc) is 2.28. The molecule has 1 aromatic rings. The summed E-state index contributed by atoms with van der Waals surface area (Å²) in [6.07, 6.45) is 0. The van der Waals surface area contributed by atoms with Gasteiger partial charge in [-0.25, -0.2) is 5.48 Å². The van der Waals surface area contributed by atoms with E-state index in [1.807, 2.05) is 30.3 Å². The van der Waals surface area contributed by atoms with Crippen molar-refractivity contribution >= 4 is 11.8 Å². The van der Waals surface area contributed by atoms with E-state index in [4.69, 9.17) is 5.73 Å². The summed E-state index contributed by atoms with van der Waals surface area (Å²) < 4.78 is 0. The van der Waals surface area contributed by atoms with Gasteiger partial charge in [0, 0.05) is 0 Å². The Bertz CT molecular complexity index is 365. The lowest BCUT2D eigenvalue weighted by Crippen LogP contribution is -2.32. The first-order chi connectivity index (χ1) is 7.61. The number of amides is 2. The largest absolute Gasteiger partial charge is 0.368 e. The van der Waals surface area contributed by atoms with Crippen LogP contribution in [-0.4, -0.2) is 18.4 Å². The third-order valence-corrected chi connectivity index (χ3v) is 2.08. The Labute approximate surface area is 93.5 Å². The number of rotatable bonds is 5. The molecule has 0 bridgehead atoms. The van der Waals surface area contributed by atoms with Crippen LogP contribution in [0.4, 0.5) is 0 Å². The van der Waals surface area contributed by atoms with E-state index < -0.39 is 5.91 Å². The Balaban J connectivity index is 2.45. The first-order valence-corrected chi connectivity index (χ1v) is 4.86. The molecule has 0 spiro atoms. The van der Waals surface area contributed by atoms with Crippen molar-refractivity contribution in [3.05, 3.63) is 35.9 Å². The van der Waals surface area contributed by atoms with Crippen LogP contribution >= 0.6 is 0 Å². The molecule has 0 fully saturated rings. The minimum atomic E-state index is -0.632. The van der Waals surface area contributed by atoms with Gasteiger partial charge in [-0.2, -0.15) is 0 Å². The highest BCUT2D eigenvalue weighted by Crippen LogP contribution is 2.13. The van der Waals surface area contributed by atoms with Gasteiger partial charge >= 0.3 is 0 Å². The quantitative estimate of drug-likeness (QED) is 0.704. The highest BCUT2D eigenvalue weighted by Gasteiger charge is 2.14. The molecule has 86 valence electrons. The maximum atomic E-state index is 11.5. The van der Waals surface area contributed by atoms with Crippen LogP contribution in [0.15, 0.2) is 30.3 Å². The number of benzene rings is 1. The molecule has 16 heavy (non-hydrogen) atoms. The predicted molar refractivity (Wildman–Crippen MR) is 58.1 cm³/mol. The number of hydrogen-bond acceptors (Lipinski definition) is 3. The van der Waals surface area contributed by atoms with Gasteiger partial charge in [0.25, 0.3) is 5.91 Å². The summed E-state index contributed by atoms with van der Waals surface area (Å²) in [5.41, 5.74) is 7.90. The van der Waals surface area contributed by atoms with Gasteiger partial charge in [-0.1, -0.05) is 30.3 Å². The van der Waals surface area contributed by atoms with Gasteiger partial charge in [0.05, 0.1) is 5.92 Å². The number of carbonyl (C=O) groups is 2. The van der Waals surface area contributed by atoms with Crippen LogP contribution in [-0.2, 0) is 14.4 Å². The summed E-state index contributed by atoms with van der Waals surface area (Å²) in [4.78, 5) is 26.5. The van der Waals surface area contributed by atoms with Crippen molar-refractivity contribution in [2.45, 2.75) is 12.8 Å². The first-order valence-electron chi connectivity index (χ1n) is 4.86. The molecule has 0 aliphatic rings. The summed E-state index contributed by atoms with van der Waals surface area (Å²) >= 11 is 0. The Morgan fingerprint density at radius 3 is 2.56 bits per heavy atom. The highest BCUT2D eigenvalue weighted by molar-refractivity contribution is 5.82. The summed E-state index contributed by atoms with van der Waals surface area (Å²) in [5.74, 6) is -1.28. The van der Waals surface area contributed by atoms with Crippen molar-refractivity contribution in [3.63, 3.8) is 0 Å². The van der Waals surface area contributed by atoms with E-state index >= 15 is 0 Å². The lowest BCUT2D eigenvalue weighted by Gasteiger charge is -2.11. The van der Waals surface area contributed by atoms with E-state index in [0.717, 1.165) is 5.56 Å². The monoisotopic (exact) mass is 222 g/mol.